The molecule has 2 heterocycles. The van der Waals surface area contributed by atoms with Crippen molar-refractivity contribution in [1.82, 2.24) is 0 Å². The minimum Gasteiger partial charge on any atom is -0.463 e. The molecule has 0 aromatic rings. The van der Waals surface area contributed by atoms with Gasteiger partial charge in [0.1, 0.15) is 98.7 Å². The lowest BCUT2D eigenvalue weighted by molar-refractivity contribution is -0.360. The van der Waals surface area contributed by atoms with Crippen molar-refractivity contribution in [2.24, 2.45) is 0 Å². The number of ether oxygens (including phenoxy) is 7. The van der Waals surface area contributed by atoms with Crippen molar-refractivity contribution in [3.8, 4) is 0 Å². The van der Waals surface area contributed by atoms with E-state index < -0.39 is 156 Å². The van der Waals surface area contributed by atoms with Gasteiger partial charge in [-0.1, -0.05) is 265 Å². The number of hydrogen-bond donors (Lipinski definition) is 11. The number of esters is 3. The number of aliphatic hydroxyl groups is 10. The van der Waals surface area contributed by atoms with Gasteiger partial charge in [-0.15, -0.1) is 0 Å². The minimum absolute atomic E-state index is 0.0336. The van der Waals surface area contributed by atoms with Crippen LogP contribution in [0.2, 0.25) is 0 Å². The number of hydrogen-bond acceptors (Lipinski definition) is 23. The molecule has 2 saturated heterocycles. The normalized spacial score (nSPS) is 27.9. The largest absolute Gasteiger partial charge is 0.472 e. The number of aliphatic hydroxyl groups excluding tert-OH is 10. The smallest absolute Gasteiger partial charge is 0.463 e. The van der Waals surface area contributed by atoms with Crippen LogP contribution in [0.5, 0.6) is 0 Å². The van der Waals surface area contributed by atoms with Gasteiger partial charge in [-0.25, -0.2) is 4.57 Å². The fourth-order valence-electron chi connectivity index (χ4n) is 12.7. The van der Waals surface area contributed by atoms with Crippen molar-refractivity contribution in [3.63, 3.8) is 0 Å². The molecular formula is C71H133O24P. The number of rotatable bonds is 59. The lowest BCUT2D eigenvalue weighted by Gasteiger charge is -2.49. The molecule has 25 heteroatoms. The molecule has 0 amide bonds. The van der Waals surface area contributed by atoms with Crippen LogP contribution in [0.25, 0.3) is 0 Å². The third-order valence-corrected chi connectivity index (χ3v) is 19.9. The third kappa shape index (κ3) is 36.7. The van der Waals surface area contributed by atoms with Gasteiger partial charge >= 0.3 is 25.7 Å². The SMILES string of the molecule is CCCCCCCCCCCCCCCCCC(=O)OCC(COP(=O)(O)OC1C(OC2OC(CO)C(O)C(O)C2O)C(O)C(O)C(O)C1OC1OC(COC(=O)CCCCCCCCCCCCCCCC)C(O)C(O)C1O)OC(=O)CCCCCCCCCCCCCC. The second-order valence-corrected chi connectivity index (χ2v) is 28.8. The van der Waals surface area contributed by atoms with Crippen molar-refractivity contribution >= 4 is 25.7 Å². The molecule has 1 aliphatic carbocycles. The molecule has 1 saturated carbocycles. The predicted molar refractivity (Wildman–Crippen MR) is 361 cm³/mol. The zero-order valence-corrected chi connectivity index (χ0v) is 59.8. The van der Waals surface area contributed by atoms with Crippen LogP contribution in [0.3, 0.4) is 0 Å². The monoisotopic (exact) mass is 1400 g/mol. The van der Waals surface area contributed by atoms with Gasteiger partial charge in [0.25, 0.3) is 0 Å². The van der Waals surface area contributed by atoms with E-state index in [0.29, 0.717) is 19.3 Å². The molecule has 11 N–H and O–H groups in total. The van der Waals surface area contributed by atoms with E-state index in [9.17, 15) is 74.9 Å². The molecule has 24 nitrogen and oxygen atoms in total. The van der Waals surface area contributed by atoms with E-state index in [0.717, 1.165) is 89.9 Å². The van der Waals surface area contributed by atoms with E-state index >= 15 is 0 Å². The summed E-state index contributed by atoms with van der Waals surface area (Å²) in [6.45, 7) is 3.46. The maximum atomic E-state index is 14.3. The summed E-state index contributed by atoms with van der Waals surface area (Å²) in [5, 5.41) is 110. The number of carbonyl (C=O) groups is 3. The van der Waals surface area contributed by atoms with Gasteiger partial charge in [-0.2, -0.15) is 0 Å². The molecule has 566 valence electrons. The van der Waals surface area contributed by atoms with Crippen LogP contribution in [0, 0.1) is 0 Å². The Labute approximate surface area is 574 Å². The molecule has 0 radical (unpaired) electrons. The van der Waals surface area contributed by atoms with Crippen LogP contribution in [-0.4, -0.2) is 204 Å². The number of phosphoric acid groups is 1. The highest BCUT2D eigenvalue weighted by Crippen LogP contribution is 2.49. The Morgan fingerprint density at radius 1 is 0.365 bits per heavy atom. The van der Waals surface area contributed by atoms with Gasteiger partial charge in [0, 0.05) is 19.3 Å². The van der Waals surface area contributed by atoms with Crippen LogP contribution in [-0.2, 0) is 61.2 Å². The highest BCUT2D eigenvalue weighted by Gasteiger charge is 2.58. The first-order valence-electron chi connectivity index (χ1n) is 37.8. The molecule has 0 aromatic heterocycles. The quantitative estimate of drug-likeness (QED) is 0.0117. The average Bonchev–Trinajstić information content (AvgIpc) is 0.767. The Hall–Kier alpha value is -2.04. The van der Waals surface area contributed by atoms with Gasteiger partial charge in [-0.05, 0) is 19.3 Å². The zero-order valence-electron chi connectivity index (χ0n) is 58.9. The molecule has 2 aliphatic heterocycles. The van der Waals surface area contributed by atoms with Gasteiger partial charge in [0.15, 0.2) is 18.7 Å². The van der Waals surface area contributed by atoms with Gasteiger partial charge < -0.3 is 89.1 Å². The summed E-state index contributed by atoms with van der Waals surface area (Å²) in [6.07, 6.45) is 10.3. The standard InChI is InChI=1S/C71H133O24P/c1-4-7-10-13-16-19-22-25-27-29-32-33-36-39-42-45-55(73)87-49-52(90-57(75)47-44-41-38-35-30-24-21-18-15-12-9-6-3)50-89-96(85,86)95-69-67(93-70-65(83)60(78)58(76)53(48-72)91-70)63(81)62(80)64(82)68(69)94-71-66(84)61(79)59(77)54(92-71)51-88-56(74)46-43-40-37-34-31-28-26-23-20-17-14-11-8-5-2/h52-54,58-72,76-84H,4-51H2,1-3H3,(H,85,86). The van der Waals surface area contributed by atoms with Crippen molar-refractivity contribution in [2.75, 3.05) is 26.4 Å². The van der Waals surface area contributed by atoms with E-state index in [1.54, 1.807) is 0 Å². The lowest BCUT2D eigenvalue weighted by atomic mass is 9.84. The topological polar surface area (TPSA) is 374 Å². The van der Waals surface area contributed by atoms with Crippen LogP contribution < -0.4 is 0 Å². The Morgan fingerprint density at radius 3 is 1.02 bits per heavy atom. The molecule has 3 rings (SSSR count). The second kappa shape index (κ2) is 53.7. The van der Waals surface area contributed by atoms with Crippen molar-refractivity contribution < 1.29 is 117 Å². The maximum absolute atomic E-state index is 14.3. The zero-order chi connectivity index (χ0) is 70.4. The molecule has 3 fully saturated rings. The Bertz CT molecular complexity index is 1990. The molecule has 18 unspecified atom stereocenters. The molecule has 3 aliphatic rings. The first kappa shape index (κ1) is 88.2. The molecular weight excluding hydrogens is 1270 g/mol. The Morgan fingerprint density at radius 2 is 0.667 bits per heavy atom. The fraction of sp³-hybridized carbons (Fsp3) is 0.958. The number of phosphoric ester groups is 1. The summed E-state index contributed by atoms with van der Waals surface area (Å²) in [5.74, 6) is -1.97. The number of unbranched alkanes of at least 4 members (excludes halogenated alkanes) is 38. The summed E-state index contributed by atoms with van der Waals surface area (Å²) in [5.41, 5.74) is 0. The van der Waals surface area contributed by atoms with E-state index in [1.807, 2.05) is 0 Å². The first-order chi connectivity index (χ1) is 46.3. The van der Waals surface area contributed by atoms with Gasteiger partial charge in [0.05, 0.1) is 13.2 Å². The first-order valence-corrected chi connectivity index (χ1v) is 39.3. The van der Waals surface area contributed by atoms with Gasteiger partial charge in [0.2, 0.25) is 0 Å². The maximum Gasteiger partial charge on any atom is 0.472 e. The molecule has 0 bridgehead atoms. The van der Waals surface area contributed by atoms with Crippen molar-refractivity contribution in [1.29, 1.82) is 0 Å². The van der Waals surface area contributed by atoms with E-state index in [4.69, 9.17) is 42.2 Å². The van der Waals surface area contributed by atoms with Gasteiger partial charge in [-0.3, -0.25) is 23.4 Å². The third-order valence-electron chi connectivity index (χ3n) is 18.9. The molecule has 18 atom stereocenters. The molecule has 0 spiro atoms. The van der Waals surface area contributed by atoms with Crippen LogP contribution >= 0.6 is 7.82 Å². The summed E-state index contributed by atoms with van der Waals surface area (Å²) in [4.78, 5) is 50.9. The van der Waals surface area contributed by atoms with Crippen LogP contribution in [0.15, 0.2) is 0 Å². The van der Waals surface area contributed by atoms with E-state index in [-0.39, 0.29) is 19.3 Å². The van der Waals surface area contributed by atoms with Crippen molar-refractivity contribution in [2.45, 2.75) is 407 Å². The average molecular weight is 1400 g/mol. The summed E-state index contributed by atoms with van der Waals surface area (Å²) < 4.78 is 65.0. The predicted octanol–water partition coefficient (Wildman–Crippen LogP) is 10.2. The molecule has 0 aromatic carbocycles. The van der Waals surface area contributed by atoms with Crippen LogP contribution in [0.1, 0.15) is 303 Å². The van der Waals surface area contributed by atoms with E-state index in [2.05, 4.69) is 20.8 Å². The minimum atomic E-state index is -5.69. The summed E-state index contributed by atoms with van der Waals surface area (Å²) in [6, 6.07) is 0. The highest BCUT2D eigenvalue weighted by atomic mass is 31.2. The van der Waals surface area contributed by atoms with E-state index in [1.165, 1.54) is 154 Å². The highest BCUT2D eigenvalue weighted by molar-refractivity contribution is 7.47. The lowest BCUT2D eigenvalue weighted by Crippen LogP contribution is -2.69. The Kier molecular flexibility index (Phi) is 49.4. The number of carbonyl (C=O) groups excluding carboxylic acids is 3. The van der Waals surface area contributed by atoms with Crippen LogP contribution in [0.4, 0.5) is 0 Å². The van der Waals surface area contributed by atoms with Crippen molar-refractivity contribution in [3.05, 3.63) is 0 Å². The second-order valence-electron chi connectivity index (χ2n) is 27.4. The fourth-order valence-corrected chi connectivity index (χ4v) is 13.7. The molecule has 96 heavy (non-hydrogen) atoms. The summed E-state index contributed by atoms with van der Waals surface area (Å²) >= 11 is 0. The summed E-state index contributed by atoms with van der Waals surface area (Å²) in [7, 11) is -5.69. The Balaban J connectivity index is 1.73.